The highest BCUT2D eigenvalue weighted by Gasteiger charge is 2.52. The Morgan fingerprint density at radius 2 is 1.75 bits per heavy atom. The molecular weight excluding hydrogens is 281 g/mol. The predicted octanol–water partition coefficient (Wildman–Crippen LogP) is 3.18. The number of hydrogen-bond donors (Lipinski definition) is 0. The second-order valence-electron chi connectivity index (χ2n) is 5.83. The maximum Gasteiger partial charge on any atom is 0.497 e. The van der Waals surface area contributed by atoms with E-state index in [2.05, 4.69) is 0 Å². The van der Waals surface area contributed by atoms with Gasteiger partial charge in [0.1, 0.15) is 11.6 Å². The molecule has 0 radical (unpaired) electrons. The summed E-state index contributed by atoms with van der Waals surface area (Å²) in [4.78, 5) is 0. The van der Waals surface area contributed by atoms with Crippen LogP contribution in [0.4, 0.5) is 4.39 Å². The number of benzene rings is 1. The maximum absolute atomic E-state index is 14.2. The van der Waals surface area contributed by atoms with E-state index in [0.29, 0.717) is 17.4 Å². The third-order valence-corrected chi connectivity index (χ3v) is 4.15. The highest BCUT2D eigenvalue weighted by atomic mass is 35.5. The summed E-state index contributed by atoms with van der Waals surface area (Å²) in [5.41, 5.74) is -0.748. The molecule has 20 heavy (non-hydrogen) atoms. The Hall–Kier alpha value is -0.775. The third-order valence-electron chi connectivity index (χ3n) is 3.86. The summed E-state index contributed by atoms with van der Waals surface area (Å²) in [6.45, 7) is 9.91. The van der Waals surface area contributed by atoms with Crippen LogP contribution in [0.3, 0.4) is 0 Å². The van der Waals surface area contributed by atoms with E-state index in [9.17, 15) is 4.39 Å². The zero-order valence-electron chi connectivity index (χ0n) is 12.4. The lowest BCUT2D eigenvalue weighted by Gasteiger charge is -2.32. The number of ether oxygens (including phenoxy) is 1. The summed E-state index contributed by atoms with van der Waals surface area (Å²) >= 11 is 6.10. The van der Waals surface area contributed by atoms with Gasteiger partial charge >= 0.3 is 7.12 Å². The zero-order chi connectivity index (χ0) is 15.1. The Morgan fingerprint density at radius 3 is 2.25 bits per heavy atom. The van der Waals surface area contributed by atoms with Crippen molar-refractivity contribution in [1.29, 1.82) is 0 Å². The van der Waals surface area contributed by atoms with Crippen LogP contribution in [0.2, 0.25) is 5.02 Å². The molecule has 1 aliphatic heterocycles. The second kappa shape index (κ2) is 5.21. The highest BCUT2D eigenvalue weighted by Crippen LogP contribution is 2.37. The quantitative estimate of drug-likeness (QED) is 0.803. The molecule has 1 saturated heterocycles. The van der Waals surface area contributed by atoms with Gasteiger partial charge in [-0.05, 0) is 40.7 Å². The Bertz CT molecular complexity index is 503. The van der Waals surface area contributed by atoms with Crippen LogP contribution in [0.5, 0.6) is 5.75 Å². The van der Waals surface area contributed by atoms with Crippen LogP contribution in [-0.4, -0.2) is 24.9 Å². The summed E-state index contributed by atoms with van der Waals surface area (Å²) in [5.74, 6) is -0.122. The van der Waals surface area contributed by atoms with Crippen molar-refractivity contribution in [1.82, 2.24) is 0 Å². The Kier molecular flexibility index (Phi) is 4.06. The van der Waals surface area contributed by atoms with E-state index in [1.54, 1.807) is 0 Å². The van der Waals surface area contributed by atoms with Crippen molar-refractivity contribution in [2.24, 2.45) is 0 Å². The summed E-state index contributed by atoms with van der Waals surface area (Å²) in [7, 11) is -0.770. The van der Waals surface area contributed by atoms with Crippen molar-refractivity contribution in [3.05, 3.63) is 23.0 Å². The molecule has 0 amide bonds. The minimum atomic E-state index is -0.770. The lowest BCUT2D eigenvalue weighted by molar-refractivity contribution is 0.00578. The molecule has 0 spiro atoms. The number of hydrogen-bond acceptors (Lipinski definition) is 3. The molecule has 0 N–H and O–H groups in total. The summed E-state index contributed by atoms with van der Waals surface area (Å²) in [6, 6.07) is 2.77. The van der Waals surface area contributed by atoms with Gasteiger partial charge in [0.25, 0.3) is 0 Å². The van der Waals surface area contributed by atoms with Crippen molar-refractivity contribution in [2.45, 2.75) is 45.8 Å². The first-order valence-electron chi connectivity index (χ1n) is 6.65. The van der Waals surface area contributed by atoms with Gasteiger partial charge in [-0.25, -0.2) is 4.39 Å². The summed E-state index contributed by atoms with van der Waals surface area (Å²) < 4.78 is 31.1. The lowest BCUT2D eigenvalue weighted by atomic mass is 9.78. The van der Waals surface area contributed by atoms with Crippen LogP contribution in [0.15, 0.2) is 12.1 Å². The van der Waals surface area contributed by atoms with Crippen molar-refractivity contribution >= 4 is 24.2 Å². The molecule has 6 heteroatoms. The van der Waals surface area contributed by atoms with Crippen molar-refractivity contribution in [3.8, 4) is 5.75 Å². The summed E-state index contributed by atoms with van der Waals surface area (Å²) in [6.07, 6.45) is 0. The average Bonchev–Trinajstić information content (AvgIpc) is 2.53. The minimum absolute atomic E-state index is 0.289. The Balaban J connectivity index is 2.34. The molecule has 0 bridgehead atoms. The van der Waals surface area contributed by atoms with Gasteiger partial charge in [-0.15, -0.1) is 0 Å². The van der Waals surface area contributed by atoms with E-state index < -0.39 is 24.1 Å². The maximum atomic E-state index is 14.2. The van der Waals surface area contributed by atoms with Crippen LogP contribution in [0, 0.1) is 5.82 Å². The average molecular weight is 301 g/mol. The Labute approximate surface area is 124 Å². The molecule has 110 valence electrons. The molecule has 0 atom stereocenters. The monoisotopic (exact) mass is 300 g/mol. The minimum Gasteiger partial charge on any atom is -0.492 e. The SMILES string of the molecule is CCOc1cc(F)c(B2OC(C)(C)C(C)(C)O2)cc1Cl. The van der Waals surface area contributed by atoms with Gasteiger partial charge in [-0.1, -0.05) is 11.6 Å². The fraction of sp³-hybridized carbons (Fsp3) is 0.571. The molecule has 0 unspecified atom stereocenters. The van der Waals surface area contributed by atoms with Crippen LogP contribution < -0.4 is 10.2 Å². The summed E-state index contributed by atoms with van der Waals surface area (Å²) in [5, 5.41) is 0.345. The smallest absolute Gasteiger partial charge is 0.492 e. The lowest BCUT2D eigenvalue weighted by Crippen LogP contribution is -2.41. The number of halogens is 2. The van der Waals surface area contributed by atoms with Gasteiger partial charge in [-0.3, -0.25) is 0 Å². The molecule has 1 aromatic carbocycles. The molecule has 1 aromatic rings. The molecule has 1 heterocycles. The van der Waals surface area contributed by atoms with Gasteiger partial charge in [0.2, 0.25) is 0 Å². The normalized spacial score (nSPS) is 20.2. The molecule has 3 nitrogen and oxygen atoms in total. The van der Waals surface area contributed by atoms with E-state index in [1.165, 1.54) is 12.1 Å². The highest BCUT2D eigenvalue weighted by molar-refractivity contribution is 6.62. The molecule has 2 rings (SSSR count). The van der Waals surface area contributed by atoms with Crippen molar-refractivity contribution < 1.29 is 18.4 Å². The van der Waals surface area contributed by atoms with Crippen LogP contribution in [0.1, 0.15) is 34.6 Å². The van der Waals surface area contributed by atoms with E-state index in [4.69, 9.17) is 25.6 Å². The number of rotatable bonds is 3. The van der Waals surface area contributed by atoms with Crippen molar-refractivity contribution in [2.75, 3.05) is 6.61 Å². The Morgan fingerprint density at radius 1 is 1.20 bits per heavy atom. The first-order chi connectivity index (χ1) is 9.18. The molecule has 0 aromatic heterocycles. The first kappa shape index (κ1) is 15.6. The van der Waals surface area contributed by atoms with Gasteiger partial charge < -0.3 is 14.0 Å². The second-order valence-corrected chi connectivity index (χ2v) is 6.23. The molecule has 0 aliphatic carbocycles. The molecule has 0 saturated carbocycles. The van der Waals surface area contributed by atoms with Crippen LogP contribution >= 0.6 is 11.6 Å². The first-order valence-corrected chi connectivity index (χ1v) is 7.03. The van der Waals surface area contributed by atoms with E-state index in [0.717, 1.165) is 0 Å². The topological polar surface area (TPSA) is 27.7 Å². The fourth-order valence-electron chi connectivity index (χ4n) is 1.96. The fourth-order valence-corrected chi connectivity index (χ4v) is 2.19. The van der Waals surface area contributed by atoms with E-state index >= 15 is 0 Å². The zero-order valence-corrected chi connectivity index (χ0v) is 13.2. The molecular formula is C14H19BClFO3. The van der Waals surface area contributed by atoms with Gasteiger partial charge in [0.15, 0.2) is 0 Å². The molecule has 1 aliphatic rings. The standard InChI is InChI=1S/C14H19BClFO3/c1-6-18-12-8-11(17)9(7-10(12)16)15-19-13(2,3)14(4,5)20-15/h7-8H,6H2,1-5H3. The van der Waals surface area contributed by atoms with E-state index in [-0.39, 0.29) is 5.46 Å². The van der Waals surface area contributed by atoms with Crippen molar-refractivity contribution in [3.63, 3.8) is 0 Å². The van der Waals surface area contributed by atoms with Crippen LogP contribution in [0.25, 0.3) is 0 Å². The largest absolute Gasteiger partial charge is 0.497 e. The molecule has 1 fully saturated rings. The van der Waals surface area contributed by atoms with Crippen LogP contribution in [-0.2, 0) is 9.31 Å². The van der Waals surface area contributed by atoms with Gasteiger partial charge in [0.05, 0.1) is 22.8 Å². The van der Waals surface area contributed by atoms with E-state index in [1.807, 2.05) is 34.6 Å². The van der Waals surface area contributed by atoms with Gasteiger partial charge in [0, 0.05) is 11.5 Å². The van der Waals surface area contributed by atoms with Gasteiger partial charge in [-0.2, -0.15) is 0 Å². The predicted molar refractivity (Wildman–Crippen MR) is 78.3 cm³/mol. The third kappa shape index (κ3) is 2.67.